The van der Waals surface area contributed by atoms with Crippen molar-refractivity contribution in [2.24, 2.45) is 0 Å². The van der Waals surface area contributed by atoms with E-state index in [1.807, 2.05) is 0 Å². The Morgan fingerprint density at radius 2 is 2.13 bits per heavy atom. The first kappa shape index (κ1) is 11.0. The summed E-state index contributed by atoms with van der Waals surface area (Å²) in [5.41, 5.74) is -1.67. The monoisotopic (exact) mass is 211 g/mol. The van der Waals surface area contributed by atoms with Crippen molar-refractivity contribution in [3.63, 3.8) is 0 Å². The number of carbonyl (C=O) groups excluding carboxylic acids is 2. The third kappa shape index (κ3) is 1.88. The molecule has 0 spiro atoms. The fraction of sp³-hybridized carbons (Fsp3) is 0.111. The maximum atomic E-state index is 13.4. The summed E-state index contributed by atoms with van der Waals surface area (Å²) in [7, 11) is 0. The quantitative estimate of drug-likeness (QED) is 0.330. The van der Waals surface area contributed by atoms with E-state index in [1.165, 1.54) is 0 Å². The average molecular weight is 211 g/mol. The number of carbonyl (C=O) groups is 2. The van der Waals surface area contributed by atoms with Gasteiger partial charge in [-0.25, -0.2) is 4.39 Å². The smallest absolute Gasteiger partial charge is 0.283 e. The van der Waals surface area contributed by atoms with Gasteiger partial charge in [0, 0.05) is 6.07 Å². The van der Waals surface area contributed by atoms with Gasteiger partial charge in [0.2, 0.25) is 0 Å². The molecule has 6 heteroatoms. The molecule has 0 atom stereocenters. The van der Waals surface area contributed by atoms with Gasteiger partial charge in [-0.1, -0.05) is 0 Å². The normalized spacial score (nSPS) is 9.73. The molecule has 15 heavy (non-hydrogen) atoms. The lowest BCUT2D eigenvalue weighted by atomic mass is 10.1. The predicted molar refractivity (Wildman–Crippen MR) is 48.4 cm³/mol. The summed E-state index contributed by atoms with van der Waals surface area (Å²) in [6, 6.07) is 1.90. The van der Waals surface area contributed by atoms with Crippen LogP contribution in [0.2, 0.25) is 0 Å². The fourth-order valence-electron chi connectivity index (χ4n) is 1.16. The van der Waals surface area contributed by atoms with E-state index in [1.54, 1.807) is 0 Å². The van der Waals surface area contributed by atoms with Crippen molar-refractivity contribution in [1.29, 1.82) is 0 Å². The van der Waals surface area contributed by atoms with Crippen molar-refractivity contribution in [1.82, 2.24) is 0 Å². The summed E-state index contributed by atoms with van der Waals surface area (Å²) >= 11 is 0. The molecule has 0 unspecified atom stereocenters. The number of rotatable bonds is 3. The van der Waals surface area contributed by atoms with Crippen LogP contribution >= 0.6 is 0 Å². The number of benzene rings is 1. The minimum absolute atomic E-state index is 0.200. The van der Waals surface area contributed by atoms with Gasteiger partial charge in [0.1, 0.15) is 5.56 Å². The molecule has 1 aromatic rings. The molecule has 0 heterocycles. The third-order valence-electron chi connectivity index (χ3n) is 1.83. The molecule has 0 amide bonds. The summed E-state index contributed by atoms with van der Waals surface area (Å²) in [4.78, 5) is 31.0. The van der Waals surface area contributed by atoms with Crippen molar-refractivity contribution in [3.8, 4) is 0 Å². The molecule has 0 radical (unpaired) electrons. The molecule has 1 aromatic carbocycles. The Kier molecular flexibility index (Phi) is 2.89. The standard InChI is InChI=1S/C9H6FNO4/c1-5(13)8-7(11(14)15)3-2-6(4-12)9(8)10/h2-4H,1H3. The molecule has 5 nitrogen and oxygen atoms in total. The molecule has 78 valence electrons. The van der Waals surface area contributed by atoms with Crippen LogP contribution in [0.3, 0.4) is 0 Å². The molecular formula is C9H6FNO4. The zero-order chi connectivity index (χ0) is 11.6. The number of nitro groups is 1. The Hall–Kier alpha value is -2.11. The van der Waals surface area contributed by atoms with Gasteiger partial charge in [-0.2, -0.15) is 0 Å². The van der Waals surface area contributed by atoms with Crippen LogP contribution < -0.4 is 0 Å². The van der Waals surface area contributed by atoms with Gasteiger partial charge >= 0.3 is 0 Å². The Balaban J connectivity index is 3.58. The van der Waals surface area contributed by atoms with E-state index in [0.29, 0.717) is 0 Å². The number of halogens is 1. The van der Waals surface area contributed by atoms with Crippen LogP contribution in [0, 0.1) is 15.9 Å². The van der Waals surface area contributed by atoms with Crippen LogP contribution in [0.25, 0.3) is 0 Å². The lowest BCUT2D eigenvalue weighted by molar-refractivity contribution is -0.385. The minimum atomic E-state index is -1.15. The number of Topliss-reactive ketones (excluding diaryl/α,β-unsaturated/α-hetero) is 1. The fourth-order valence-corrected chi connectivity index (χ4v) is 1.16. The van der Waals surface area contributed by atoms with E-state index in [-0.39, 0.29) is 11.8 Å². The van der Waals surface area contributed by atoms with Crippen molar-refractivity contribution in [2.75, 3.05) is 0 Å². The molecule has 0 aliphatic carbocycles. The minimum Gasteiger partial charge on any atom is -0.298 e. The highest BCUT2D eigenvalue weighted by Crippen LogP contribution is 2.23. The zero-order valence-corrected chi connectivity index (χ0v) is 7.69. The van der Waals surface area contributed by atoms with Gasteiger partial charge in [-0.3, -0.25) is 19.7 Å². The summed E-state index contributed by atoms with van der Waals surface area (Å²) in [5.74, 6) is -1.94. The van der Waals surface area contributed by atoms with Crippen LogP contribution in [-0.4, -0.2) is 17.0 Å². The molecule has 1 rings (SSSR count). The van der Waals surface area contributed by atoms with Gasteiger partial charge in [0.25, 0.3) is 5.69 Å². The molecule has 0 fully saturated rings. The number of hydrogen-bond donors (Lipinski definition) is 0. The second-order valence-corrected chi connectivity index (χ2v) is 2.79. The molecule has 0 bridgehead atoms. The highest BCUT2D eigenvalue weighted by molar-refractivity contribution is 5.99. The van der Waals surface area contributed by atoms with Crippen molar-refractivity contribution < 1.29 is 18.9 Å². The van der Waals surface area contributed by atoms with E-state index >= 15 is 0 Å². The summed E-state index contributed by atoms with van der Waals surface area (Å²) in [5, 5.41) is 10.5. The molecule has 0 aromatic heterocycles. The molecule has 0 aliphatic heterocycles. The van der Waals surface area contributed by atoms with Crippen LogP contribution in [0.15, 0.2) is 12.1 Å². The van der Waals surface area contributed by atoms with Crippen molar-refractivity contribution in [3.05, 3.63) is 39.2 Å². The van der Waals surface area contributed by atoms with E-state index < -0.39 is 27.8 Å². The molecule has 0 saturated carbocycles. The number of nitrogens with zero attached hydrogens (tertiary/aromatic N) is 1. The van der Waals surface area contributed by atoms with Crippen LogP contribution in [0.4, 0.5) is 10.1 Å². The lowest BCUT2D eigenvalue weighted by Gasteiger charge is -2.02. The SMILES string of the molecule is CC(=O)c1c([N+](=O)[O-])ccc(C=O)c1F. The first-order chi connectivity index (χ1) is 6.99. The average Bonchev–Trinajstić information content (AvgIpc) is 2.16. The predicted octanol–water partition coefficient (Wildman–Crippen LogP) is 1.75. The van der Waals surface area contributed by atoms with Crippen LogP contribution in [0.1, 0.15) is 27.6 Å². The number of aldehydes is 1. The number of nitro benzene ring substituents is 1. The Labute approximate surface area is 83.7 Å². The number of ketones is 1. The lowest BCUT2D eigenvalue weighted by Crippen LogP contribution is -2.06. The van der Waals surface area contributed by atoms with E-state index in [9.17, 15) is 24.1 Å². The van der Waals surface area contributed by atoms with Gasteiger partial charge in [0.15, 0.2) is 17.9 Å². The van der Waals surface area contributed by atoms with Gasteiger partial charge in [-0.05, 0) is 13.0 Å². The van der Waals surface area contributed by atoms with E-state index in [0.717, 1.165) is 19.1 Å². The third-order valence-corrected chi connectivity index (χ3v) is 1.83. The summed E-state index contributed by atoms with van der Waals surface area (Å²) in [6.07, 6.45) is 0.200. The van der Waals surface area contributed by atoms with E-state index in [2.05, 4.69) is 0 Å². The Morgan fingerprint density at radius 3 is 2.53 bits per heavy atom. The molecule has 0 N–H and O–H groups in total. The Morgan fingerprint density at radius 1 is 1.53 bits per heavy atom. The van der Waals surface area contributed by atoms with Gasteiger partial charge in [0.05, 0.1) is 10.5 Å². The second kappa shape index (κ2) is 3.95. The van der Waals surface area contributed by atoms with Crippen LogP contribution in [0.5, 0.6) is 0 Å². The Bertz CT molecular complexity index is 456. The maximum absolute atomic E-state index is 13.4. The number of hydrogen-bond acceptors (Lipinski definition) is 4. The second-order valence-electron chi connectivity index (χ2n) is 2.79. The first-order valence-electron chi connectivity index (χ1n) is 3.92. The summed E-state index contributed by atoms with van der Waals surface area (Å²) < 4.78 is 13.4. The van der Waals surface area contributed by atoms with Crippen LogP contribution in [-0.2, 0) is 0 Å². The van der Waals surface area contributed by atoms with Crippen molar-refractivity contribution >= 4 is 17.8 Å². The molecule has 0 aliphatic rings. The molecular weight excluding hydrogens is 205 g/mol. The van der Waals surface area contributed by atoms with Gasteiger partial charge in [-0.15, -0.1) is 0 Å². The summed E-state index contributed by atoms with van der Waals surface area (Å²) in [6.45, 7) is 1.000. The molecule has 0 saturated heterocycles. The largest absolute Gasteiger partial charge is 0.298 e. The van der Waals surface area contributed by atoms with Gasteiger partial charge < -0.3 is 0 Å². The van der Waals surface area contributed by atoms with E-state index in [4.69, 9.17) is 0 Å². The van der Waals surface area contributed by atoms with Crippen molar-refractivity contribution in [2.45, 2.75) is 6.92 Å². The first-order valence-corrected chi connectivity index (χ1v) is 3.92. The zero-order valence-electron chi connectivity index (χ0n) is 7.69. The topological polar surface area (TPSA) is 77.3 Å². The maximum Gasteiger partial charge on any atom is 0.283 e. The highest BCUT2D eigenvalue weighted by atomic mass is 19.1. The highest BCUT2D eigenvalue weighted by Gasteiger charge is 2.24.